The molecule has 1 unspecified atom stereocenters. The number of fused-ring (bicyclic) bond motifs is 3. The Labute approximate surface area is 261 Å². The van der Waals surface area contributed by atoms with Gasteiger partial charge in [0.15, 0.2) is 5.82 Å². The van der Waals surface area contributed by atoms with Crippen LogP contribution in [0.25, 0.3) is 32.9 Å². The molecule has 4 aromatic rings. The fourth-order valence-electron chi connectivity index (χ4n) is 7.77. The largest absolute Gasteiger partial charge is 0.508 e. The van der Waals surface area contributed by atoms with Crippen molar-refractivity contribution < 1.29 is 18.6 Å². The summed E-state index contributed by atoms with van der Waals surface area (Å²) in [5, 5.41) is 15.2. The number of nitrogens with one attached hydrogen (secondary N) is 1. The number of nitrogens with two attached hydrogens (primary N) is 1. The minimum absolute atomic E-state index is 0.0132. The topological polar surface area (TPSA) is 109 Å². The van der Waals surface area contributed by atoms with E-state index in [0.717, 1.165) is 77.5 Å². The summed E-state index contributed by atoms with van der Waals surface area (Å²) in [5.41, 5.74) is 7.08. The molecule has 3 aliphatic rings. The highest BCUT2D eigenvalue weighted by Gasteiger charge is 2.45. The van der Waals surface area contributed by atoms with E-state index in [4.69, 9.17) is 21.9 Å². The lowest BCUT2D eigenvalue weighted by atomic mass is 9.94. The Balaban J connectivity index is 1.37. The lowest BCUT2D eigenvalue weighted by Crippen LogP contribution is -2.43. The molecule has 3 saturated heterocycles. The molecule has 1 atom stereocenters. The number of rotatable bonds is 7. The quantitative estimate of drug-likeness (QED) is 0.228. The first kappa shape index (κ1) is 29.6. The van der Waals surface area contributed by atoms with E-state index in [-0.39, 0.29) is 45.5 Å². The highest BCUT2D eigenvalue weighted by atomic mass is 19.1. The number of phenols is 1. The third-order valence-corrected chi connectivity index (χ3v) is 10.0. The molecule has 2 aromatic carbocycles. The van der Waals surface area contributed by atoms with E-state index in [1.165, 1.54) is 24.3 Å². The van der Waals surface area contributed by atoms with Crippen LogP contribution in [-0.2, 0) is 6.42 Å². The van der Waals surface area contributed by atoms with Gasteiger partial charge >= 0.3 is 6.01 Å². The standard InChI is InChI=1S/C35H38F2N6O2/c1-2-24-26(36)10-9-22-17-23(44)18-25(28(22)24)31-30(37)32-29(27(40-31)11-8-21-7-3-4-14-39-19-21)33(38)42-34(41-32)45-20-35-12-5-15-43(35)16-6-13-35/h1,9-10,17-18,21,39,44H,3-8,11-16,19-20H2,(H2,38,41,42). The van der Waals surface area contributed by atoms with Crippen LogP contribution in [0, 0.1) is 29.9 Å². The second-order valence-corrected chi connectivity index (χ2v) is 12.8. The van der Waals surface area contributed by atoms with Crippen molar-refractivity contribution in [3.05, 3.63) is 47.2 Å². The molecule has 45 heavy (non-hydrogen) atoms. The molecule has 0 radical (unpaired) electrons. The van der Waals surface area contributed by atoms with Crippen molar-refractivity contribution in [2.75, 3.05) is 38.5 Å². The van der Waals surface area contributed by atoms with Crippen LogP contribution in [-0.4, -0.2) is 63.3 Å². The van der Waals surface area contributed by atoms with Gasteiger partial charge in [-0.2, -0.15) is 9.97 Å². The Bertz CT molecular complexity index is 1800. The number of hydrogen-bond acceptors (Lipinski definition) is 8. The van der Waals surface area contributed by atoms with E-state index in [1.807, 2.05) is 0 Å². The first-order valence-electron chi connectivity index (χ1n) is 16.0. The average Bonchev–Trinajstić information content (AvgIpc) is 3.50. The molecule has 4 N–H and O–H groups in total. The van der Waals surface area contributed by atoms with Crippen LogP contribution in [0.2, 0.25) is 0 Å². The van der Waals surface area contributed by atoms with Crippen LogP contribution in [0.5, 0.6) is 11.8 Å². The van der Waals surface area contributed by atoms with Crippen LogP contribution in [0.3, 0.4) is 0 Å². The maximum Gasteiger partial charge on any atom is 0.319 e. The van der Waals surface area contributed by atoms with Crippen LogP contribution >= 0.6 is 0 Å². The first-order valence-corrected chi connectivity index (χ1v) is 16.0. The van der Waals surface area contributed by atoms with Crippen molar-refractivity contribution in [2.24, 2.45) is 5.92 Å². The smallest absolute Gasteiger partial charge is 0.319 e. The summed E-state index contributed by atoms with van der Waals surface area (Å²) < 4.78 is 37.9. The summed E-state index contributed by atoms with van der Waals surface area (Å²) in [5.74, 6) is 1.43. The maximum atomic E-state index is 16.8. The van der Waals surface area contributed by atoms with Gasteiger partial charge in [-0.25, -0.2) is 13.8 Å². The summed E-state index contributed by atoms with van der Waals surface area (Å²) in [6, 6.07) is 5.60. The Morgan fingerprint density at radius 3 is 2.71 bits per heavy atom. The van der Waals surface area contributed by atoms with Gasteiger partial charge in [-0.1, -0.05) is 18.4 Å². The molecule has 10 heteroatoms. The molecule has 2 aromatic heterocycles. The molecule has 5 heterocycles. The second-order valence-electron chi connectivity index (χ2n) is 12.8. The van der Waals surface area contributed by atoms with Gasteiger partial charge in [0.2, 0.25) is 0 Å². The number of anilines is 1. The first-order chi connectivity index (χ1) is 21.9. The van der Waals surface area contributed by atoms with Gasteiger partial charge in [0.05, 0.1) is 22.2 Å². The van der Waals surface area contributed by atoms with Crippen LogP contribution < -0.4 is 15.8 Å². The Morgan fingerprint density at radius 1 is 1.09 bits per heavy atom. The molecule has 0 bridgehead atoms. The van der Waals surface area contributed by atoms with Crippen molar-refractivity contribution in [3.63, 3.8) is 0 Å². The summed E-state index contributed by atoms with van der Waals surface area (Å²) in [6.45, 7) is 4.40. The number of pyridine rings is 1. The number of halogens is 2. The zero-order valence-corrected chi connectivity index (χ0v) is 25.3. The predicted molar refractivity (Wildman–Crippen MR) is 171 cm³/mol. The fourth-order valence-corrected chi connectivity index (χ4v) is 7.77. The Kier molecular flexibility index (Phi) is 7.92. The zero-order valence-electron chi connectivity index (χ0n) is 25.3. The van der Waals surface area contributed by atoms with E-state index in [0.29, 0.717) is 40.8 Å². The molecule has 0 amide bonds. The van der Waals surface area contributed by atoms with E-state index in [1.54, 1.807) is 0 Å². The number of benzene rings is 2. The number of terminal acetylenes is 1. The summed E-state index contributed by atoms with van der Waals surface area (Å²) >= 11 is 0. The molecule has 3 aliphatic heterocycles. The number of aromatic nitrogens is 3. The highest BCUT2D eigenvalue weighted by Crippen LogP contribution is 2.41. The van der Waals surface area contributed by atoms with Gasteiger partial charge in [-0.15, -0.1) is 6.42 Å². The van der Waals surface area contributed by atoms with Gasteiger partial charge in [-0.3, -0.25) is 4.90 Å². The number of aryl methyl sites for hydroxylation is 1. The van der Waals surface area contributed by atoms with Crippen molar-refractivity contribution in [1.29, 1.82) is 0 Å². The third-order valence-electron chi connectivity index (χ3n) is 10.0. The molecular weight excluding hydrogens is 574 g/mol. The average molecular weight is 613 g/mol. The third kappa shape index (κ3) is 5.42. The molecule has 0 aliphatic carbocycles. The molecule has 7 rings (SSSR count). The SMILES string of the molecule is C#Cc1c(F)ccc2cc(O)cc(-c3nc(CCC4CCCCNC4)c4c(N)nc(OCC56CCCN5CCC6)nc4c3F)c12. The molecule has 234 valence electrons. The number of phenolic OH excluding ortho intramolecular Hbond substituents is 1. The lowest BCUT2D eigenvalue weighted by molar-refractivity contribution is 0.108. The molecular formula is C35H38F2N6O2. The van der Waals surface area contributed by atoms with Crippen LogP contribution in [0.15, 0.2) is 24.3 Å². The minimum atomic E-state index is -0.760. The summed E-state index contributed by atoms with van der Waals surface area (Å²) in [7, 11) is 0. The van der Waals surface area contributed by atoms with E-state index >= 15 is 4.39 Å². The van der Waals surface area contributed by atoms with Gasteiger partial charge < -0.3 is 20.9 Å². The number of ether oxygens (including phenoxy) is 1. The molecule has 0 spiro atoms. The van der Waals surface area contributed by atoms with Gasteiger partial charge in [0, 0.05) is 10.9 Å². The zero-order chi connectivity index (χ0) is 31.1. The molecule has 0 saturated carbocycles. The van der Waals surface area contributed by atoms with Gasteiger partial charge in [0.1, 0.15) is 35.2 Å². The van der Waals surface area contributed by atoms with Crippen molar-refractivity contribution >= 4 is 27.5 Å². The van der Waals surface area contributed by atoms with Crippen molar-refractivity contribution in [2.45, 2.75) is 63.3 Å². The lowest BCUT2D eigenvalue weighted by Gasteiger charge is -2.31. The molecule has 3 fully saturated rings. The van der Waals surface area contributed by atoms with Crippen LogP contribution in [0.1, 0.15) is 62.6 Å². The van der Waals surface area contributed by atoms with Gasteiger partial charge in [-0.05, 0) is 107 Å². The van der Waals surface area contributed by atoms with Crippen molar-refractivity contribution in [1.82, 2.24) is 25.2 Å². The number of aromatic hydroxyl groups is 1. The monoisotopic (exact) mass is 612 g/mol. The number of nitrogen functional groups attached to an aromatic ring is 1. The van der Waals surface area contributed by atoms with E-state index < -0.39 is 11.6 Å². The fraction of sp³-hybridized carbons (Fsp3) is 0.457. The van der Waals surface area contributed by atoms with Crippen LogP contribution in [0.4, 0.5) is 14.6 Å². The predicted octanol–water partition coefficient (Wildman–Crippen LogP) is 5.72. The number of hydrogen-bond donors (Lipinski definition) is 3. The summed E-state index contributed by atoms with van der Waals surface area (Å²) in [4.78, 5) is 16.4. The highest BCUT2D eigenvalue weighted by molar-refractivity contribution is 6.03. The Morgan fingerprint density at radius 2 is 1.91 bits per heavy atom. The maximum absolute atomic E-state index is 16.8. The minimum Gasteiger partial charge on any atom is -0.508 e. The normalized spacial score (nSPS) is 19.9. The van der Waals surface area contributed by atoms with E-state index in [9.17, 15) is 9.50 Å². The summed E-state index contributed by atoms with van der Waals surface area (Å²) in [6.07, 6.45) is 14.7. The number of nitrogens with zero attached hydrogens (tertiary/aromatic N) is 4. The second kappa shape index (κ2) is 12.0. The van der Waals surface area contributed by atoms with E-state index in [2.05, 4.69) is 26.1 Å². The van der Waals surface area contributed by atoms with Gasteiger partial charge in [0.25, 0.3) is 0 Å². The Hall–Kier alpha value is -4.07. The van der Waals surface area contributed by atoms with Crippen molar-refractivity contribution in [3.8, 4) is 35.4 Å². The molecule has 8 nitrogen and oxygen atoms in total.